The van der Waals surface area contributed by atoms with E-state index in [9.17, 15) is 22.8 Å². The quantitative estimate of drug-likeness (QED) is 0.184. The number of hydrogen-bond acceptors (Lipinski definition) is 8. The van der Waals surface area contributed by atoms with Crippen LogP contribution in [-0.2, 0) is 29.2 Å². The van der Waals surface area contributed by atoms with Crippen molar-refractivity contribution in [2.45, 2.75) is 36.6 Å². The summed E-state index contributed by atoms with van der Waals surface area (Å²) in [6, 6.07) is 17.1. The summed E-state index contributed by atoms with van der Waals surface area (Å²) in [5.74, 6) is -1.60. The number of sulfonamides is 1. The highest BCUT2D eigenvalue weighted by atomic mass is 32.2. The van der Waals surface area contributed by atoms with Crippen LogP contribution in [0.3, 0.4) is 0 Å². The molecule has 0 N–H and O–H groups in total. The first-order valence-electron chi connectivity index (χ1n) is 14.3. The Labute approximate surface area is 254 Å². The number of carbonyl (C=O) groups excluding carboxylic acids is 3. The lowest BCUT2D eigenvalue weighted by atomic mass is 9.93. The van der Waals surface area contributed by atoms with Crippen LogP contribution >= 0.6 is 0 Å². The lowest BCUT2D eigenvalue weighted by Crippen LogP contribution is -2.44. The van der Waals surface area contributed by atoms with Crippen molar-refractivity contribution in [2.75, 3.05) is 39.6 Å². The highest BCUT2D eigenvalue weighted by molar-refractivity contribution is 7.89. The third-order valence-electron chi connectivity index (χ3n) is 8.13. The predicted molar refractivity (Wildman–Crippen MR) is 164 cm³/mol. The van der Waals surface area contributed by atoms with Gasteiger partial charge in [-0.05, 0) is 37.1 Å². The van der Waals surface area contributed by atoms with Gasteiger partial charge in [-0.2, -0.15) is 4.31 Å². The van der Waals surface area contributed by atoms with Crippen molar-refractivity contribution in [1.29, 1.82) is 0 Å². The lowest BCUT2D eigenvalue weighted by Gasteiger charge is -2.25. The van der Waals surface area contributed by atoms with Crippen LogP contribution in [0.25, 0.3) is 33.4 Å². The van der Waals surface area contributed by atoms with Gasteiger partial charge in [0.05, 0.1) is 11.0 Å². The van der Waals surface area contributed by atoms with Crippen molar-refractivity contribution in [1.82, 2.24) is 13.9 Å². The zero-order chi connectivity index (χ0) is 31.3. The molecule has 0 spiro atoms. The van der Waals surface area contributed by atoms with E-state index in [1.165, 1.54) is 6.07 Å². The van der Waals surface area contributed by atoms with Crippen LogP contribution in [0.2, 0.25) is 0 Å². The summed E-state index contributed by atoms with van der Waals surface area (Å²) in [7, 11) is 3.47. The van der Waals surface area contributed by atoms with Crippen LogP contribution in [0.1, 0.15) is 25.7 Å². The zero-order valence-corrected chi connectivity index (χ0v) is 25.8. The largest absolute Gasteiger partial charge is 0.456 e. The monoisotopic (exact) mass is 617 g/mol. The molecule has 1 atom stereocenters. The first kappa shape index (κ1) is 29.5. The Morgan fingerprint density at radius 1 is 0.977 bits per heavy atom. The fraction of sp³-hybridized carbons (Fsp3) is 0.312. The number of nitrogens with zero attached hydrogens (tertiary/aromatic N) is 4. The number of hydroxylamine groups is 2. The maximum absolute atomic E-state index is 14.4. The minimum Gasteiger partial charge on any atom is -0.456 e. The summed E-state index contributed by atoms with van der Waals surface area (Å²) in [4.78, 5) is 44.4. The van der Waals surface area contributed by atoms with Gasteiger partial charge < -0.3 is 14.2 Å². The van der Waals surface area contributed by atoms with Crippen LogP contribution < -0.4 is 14.8 Å². The minimum absolute atomic E-state index is 0.0233. The van der Waals surface area contributed by atoms with Crippen molar-refractivity contribution in [2.24, 2.45) is 0 Å². The Balaban J connectivity index is 1.50. The molecule has 228 valence electrons. The van der Waals surface area contributed by atoms with Crippen LogP contribution in [-0.4, -0.2) is 76.3 Å². The Hall–Kier alpha value is -4.55. The van der Waals surface area contributed by atoms with Crippen molar-refractivity contribution in [3.63, 3.8) is 0 Å². The smallest absolute Gasteiger partial charge is 0.351 e. The number of benzene rings is 3. The summed E-state index contributed by atoms with van der Waals surface area (Å²) in [6.45, 7) is 0.0856. The molecule has 4 aliphatic rings. The molecular formula is C32H33N4O7S+. The average molecular weight is 618 g/mol. The number of carbonyl (C=O) groups is 3. The fourth-order valence-electron chi connectivity index (χ4n) is 5.81. The number of imide groups is 1. The summed E-state index contributed by atoms with van der Waals surface area (Å²) in [6.07, 6.45) is 0.514. The lowest BCUT2D eigenvalue weighted by molar-refractivity contribution is -0.199. The molecule has 44 heavy (non-hydrogen) atoms. The van der Waals surface area contributed by atoms with Crippen molar-refractivity contribution in [3.8, 4) is 22.5 Å². The molecule has 0 saturated carbocycles. The summed E-state index contributed by atoms with van der Waals surface area (Å²) < 4.78 is 38.3. The van der Waals surface area contributed by atoms with Gasteiger partial charge in [-0.25, -0.2) is 17.8 Å². The first-order chi connectivity index (χ1) is 21.0. The van der Waals surface area contributed by atoms with Gasteiger partial charge in [0.15, 0.2) is 0 Å². The molecule has 6 rings (SSSR count). The minimum atomic E-state index is -4.26. The second-order valence-corrected chi connectivity index (χ2v) is 13.2. The SMILES string of the molecule is CN(C)c1ccc2c(-c3ccccc3S(=O)(=O)N3CCCC3C(=O)ON3C(=O)CCC3=O)c3ccc(=[N+](C)C)cc-3oc2c1. The molecule has 2 amide bonds. The van der Waals surface area contributed by atoms with Gasteiger partial charge in [-0.15, -0.1) is 5.06 Å². The van der Waals surface area contributed by atoms with Gasteiger partial charge in [0, 0.05) is 73.4 Å². The van der Waals surface area contributed by atoms with Gasteiger partial charge in [0.2, 0.25) is 15.4 Å². The van der Waals surface area contributed by atoms with Gasteiger partial charge >= 0.3 is 5.97 Å². The van der Waals surface area contributed by atoms with E-state index in [1.807, 2.05) is 74.1 Å². The van der Waals surface area contributed by atoms with E-state index in [-0.39, 0.29) is 30.7 Å². The Morgan fingerprint density at radius 2 is 1.70 bits per heavy atom. The predicted octanol–water partition coefficient (Wildman–Crippen LogP) is 3.06. The second kappa shape index (κ2) is 11.2. The van der Waals surface area contributed by atoms with Gasteiger partial charge in [-0.3, -0.25) is 9.59 Å². The molecule has 3 heterocycles. The number of rotatable bonds is 6. The molecule has 3 aliphatic heterocycles. The maximum atomic E-state index is 14.4. The molecule has 12 heteroatoms. The molecule has 0 bridgehead atoms. The third-order valence-corrected chi connectivity index (χ3v) is 10.1. The van der Waals surface area contributed by atoms with E-state index in [2.05, 4.69) is 0 Å². The molecule has 2 aromatic rings. The summed E-state index contributed by atoms with van der Waals surface area (Å²) in [5.41, 5.74) is 3.38. The van der Waals surface area contributed by atoms with Crippen LogP contribution in [0, 0.1) is 0 Å². The summed E-state index contributed by atoms with van der Waals surface area (Å²) >= 11 is 0. The second-order valence-electron chi connectivity index (χ2n) is 11.4. The molecule has 2 saturated heterocycles. The topological polar surface area (TPSA) is 120 Å². The highest BCUT2D eigenvalue weighted by Gasteiger charge is 2.44. The van der Waals surface area contributed by atoms with Crippen molar-refractivity contribution >= 4 is 44.5 Å². The fourth-order valence-corrected chi connectivity index (χ4v) is 7.66. The normalized spacial score (nSPS) is 17.5. The Bertz CT molecular complexity index is 1960. The molecule has 2 fully saturated rings. The van der Waals surface area contributed by atoms with E-state index in [0.717, 1.165) is 26.3 Å². The van der Waals surface area contributed by atoms with E-state index >= 15 is 0 Å². The Kier molecular flexibility index (Phi) is 7.50. The van der Waals surface area contributed by atoms with E-state index < -0.39 is 33.8 Å². The van der Waals surface area contributed by atoms with Crippen LogP contribution in [0.5, 0.6) is 0 Å². The number of amides is 2. The van der Waals surface area contributed by atoms with Crippen molar-refractivity contribution in [3.05, 3.63) is 66.0 Å². The maximum Gasteiger partial charge on any atom is 0.351 e. The highest BCUT2D eigenvalue weighted by Crippen LogP contribution is 2.44. The van der Waals surface area contributed by atoms with Gasteiger partial charge in [0.25, 0.3) is 11.8 Å². The van der Waals surface area contributed by atoms with E-state index in [0.29, 0.717) is 34.0 Å². The van der Waals surface area contributed by atoms with Gasteiger partial charge in [-0.1, -0.05) is 18.2 Å². The Morgan fingerprint density at radius 3 is 2.41 bits per heavy atom. The average Bonchev–Trinajstić information content (AvgIpc) is 3.63. The van der Waals surface area contributed by atoms with E-state index in [4.69, 9.17) is 9.25 Å². The molecule has 0 radical (unpaired) electrons. The third kappa shape index (κ3) is 5.03. The molecule has 1 aliphatic carbocycles. The number of fused-ring (bicyclic) bond motifs is 2. The molecule has 1 unspecified atom stereocenters. The van der Waals surface area contributed by atoms with Crippen LogP contribution in [0.15, 0.2) is 70.0 Å². The zero-order valence-electron chi connectivity index (χ0n) is 24.9. The summed E-state index contributed by atoms with van der Waals surface area (Å²) in [5, 5.41) is 2.10. The molecular weight excluding hydrogens is 584 g/mol. The standard InChI is InChI=1S/C32H33N4O7S/c1-33(2)20-11-13-22-26(18-20)42-27-19-21(34(3)4)12-14-23(27)31(22)24-8-5-6-10-28(24)44(40,41)35-17-7-9-25(35)32(39)43-36-29(37)15-16-30(36)38/h5-6,8,10-14,18-19,25H,7,9,15-17H2,1-4H3/q+1. The van der Waals surface area contributed by atoms with Crippen LogP contribution in [0.4, 0.5) is 5.69 Å². The molecule has 0 aromatic heterocycles. The van der Waals surface area contributed by atoms with E-state index in [1.54, 1.807) is 18.2 Å². The first-order valence-corrected chi connectivity index (χ1v) is 15.8. The molecule has 2 aromatic carbocycles. The number of hydrogen-bond donors (Lipinski definition) is 0. The molecule has 11 nitrogen and oxygen atoms in total. The number of anilines is 1. The van der Waals surface area contributed by atoms with Crippen molar-refractivity contribution < 1.29 is 32.1 Å². The van der Waals surface area contributed by atoms with Gasteiger partial charge in [0.1, 0.15) is 31.5 Å².